The molecule has 4 rings (SSSR count). The lowest BCUT2D eigenvalue weighted by Gasteiger charge is -2.24. The van der Waals surface area contributed by atoms with E-state index in [1.807, 2.05) is 45.0 Å². The molecule has 218 valence electrons. The molecule has 0 aliphatic carbocycles. The second-order valence-corrected chi connectivity index (χ2v) is 10.3. The number of ether oxygens (including phenoxy) is 3. The maximum atomic E-state index is 13.5. The molecule has 0 saturated heterocycles. The van der Waals surface area contributed by atoms with Gasteiger partial charge in [-0.05, 0) is 43.0 Å². The zero-order valence-corrected chi connectivity index (χ0v) is 23.0. The van der Waals surface area contributed by atoms with Gasteiger partial charge >= 0.3 is 12.7 Å². The maximum Gasteiger partial charge on any atom is 0.405 e. The van der Waals surface area contributed by atoms with Gasteiger partial charge in [-0.1, -0.05) is 39.0 Å². The van der Waals surface area contributed by atoms with Crippen molar-refractivity contribution in [2.75, 3.05) is 6.61 Å². The first-order chi connectivity index (χ1) is 19.4. The van der Waals surface area contributed by atoms with E-state index in [1.54, 1.807) is 13.2 Å². The van der Waals surface area contributed by atoms with Crippen molar-refractivity contribution >= 4 is 23.0 Å². The minimum atomic E-state index is -3.06. The summed E-state index contributed by atoms with van der Waals surface area (Å²) >= 11 is 0. The van der Waals surface area contributed by atoms with Crippen LogP contribution in [0.5, 0.6) is 11.5 Å². The van der Waals surface area contributed by atoms with Crippen molar-refractivity contribution in [3.05, 3.63) is 65.7 Å². The molecule has 12 heteroatoms. The summed E-state index contributed by atoms with van der Waals surface area (Å²) in [7, 11) is 0. The Labute approximate surface area is 234 Å². The summed E-state index contributed by atoms with van der Waals surface area (Å²) in [5.41, 5.74) is 6.58. The predicted molar refractivity (Wildman–Crippen MR) is 145 cm³/mol. The Bertz CT molecular complexity index is 1520. The van der Waals surface area contributed by atoms with Crippen LogP contribution < -0.4 is 20.5 Å². The molecule has 0 spiro atoms. The van der Waals surface area contributed by atoms with E-state index in [0.717, 1.165) is 10.9 Å². The highest BCUT2D eigenvalue weighted by Gasteiger charge is 2.33. The smallest absolute Gasteiger partial charge is 0.405 e. The first kappa shape index (κ1) is 29.4. The second kappa shape index (κ2) is 12.3. The Kier molecular flexibility index (Phi) is 8.80. The number of rotatable bonds is 11. The molecule has 0 radical (unpaired) electrons. The highest BCUT2D eigenvalue weighted by atomic mass is 19.3. The fourth-order valence-corrected chi connectivity index (χ4v) is 4.25. The molecular formula is C29H31F2N3O7. The third-order valence-corrected chi connectivity index (χ3v) is 5.92. The van der Waals surface area contributed by atoms with Crippen LogP contribution in [0.4, 0.5) is 13.6 Å². The molecule has 0 saturated carbocycles. The van der Waals surface area contributed by atoms with Crippen molar-refractivity contribution in [2.45, 2.75) is 53.4 Å². The summed E-state index contributed by atoms with van der Waals surface area (Å²) in [4.78, 5) is 29.7. The summed E-state index contributed by atoms with van der Waals surface area (Å²) < 4.78 is 52.7. The van der Waals surface area contributed by atoms with Gasteiger partial charge in [0, 0.05) is 23.1 Å². The molecule has 2 aromatic carbocycles. The van der Waals surface area contributed by atoms with E-state index in [9.17, 15) is 18.4 Å². The fraction of sp³-hybridized carbons (Fsp3) is 0.345. The van der Waals surface area contributed by atoms with E-state index in [2.05, 4.69) is 15.0 Å². The Balaban J connectivity index is 1.73. The molecule has 0 aliphatic rings. The van der Waals surface area contributed by atoms with Gasteiger partial charge in [-0.3, -0.25) is 4.79 Å². The number of nitrogens with two attached hydrogens (primary N) is 1. The normalized spacial score (nSPS) is 12.4. The SMILES string of the molecule is CCOc1cc(-c2nc(C(=O)NCc3coc4ccccc34)c(C(CC(C)(C)C)OC(N)=O)o2)ccc1OC(F)F. The number of para-hydroxylation sites is 1. The summed E-state index contributed by atoms with van der Waals surface area (Å²) in [6.07, 6.45) is -0.294. The van der Waals surface area contributed by atoms with Gasteiger partial charge < -0.3 is 34.1 Å². The number of primary amides is 1. The van der Waals surface area contributed by atoms with Crippen molar-refractivity contribution in [2.24, 2.45) is 11.1 Å². The Morgan fingerprint density at radius 3 is 2.56 bits per heavy atom. The molecular weight excluding hydrogens is 540 g/mol. The largest absolute Gasteiger partial charge is 0.490 e. The minimum absolute atomic E-state index is 0.0193. The number of carbonyl (C=O) groups is 2. The number of aromatic nitrogens is 1. The van der Waals surface area contributed by atoms with Crippen molar-refractivity contribution in [3.8, 4) is 23.0 Å². The minimum Gasteiger partial charge on any atom is -0.490 e. The van der Waals surface area contributed by atoms with E-state index in [-0.39, 0.29) is 53.8 Å². The third kappa shape index (κ3) is 7.33. The average Bonchev–Trinajstić information content (AvgIpc) is 3.52. The zero-order chi connectivity index (χ0) is 29.7. The molecule has 3 N–H and O–H groups in total. The van der Waals surface area contributed by atoms with Crippen molar-refractivity contribution in [1.29, 1.82) is 0 Å². The summed E-state index contributed by atoms with van der Waals surface area (Å²) in [6, 6.07) is 11.5. The van der Waals surface area contributed by atoms with E-state index in [1.165, 1.54) is 18.2 Å². The number of amides is 2. The summed E-state index contributed by atoms with van der Waals surface area (Å²) in [6.45, 7) is 4.68. The van der Waals surface area contributed by atoms with Crippen molar-refractivity contribution < 1.29 is 41.4 Å². The first-order valence-electron chi connectivity index (χ1n) is 12.9. The van der Waals surface area contributed by atoms with Crippen LogP contribution in [-0.2, 0) is 11.3 Å². The van der Waals surface area contributed by atoms with Gasteiger partial charge in [0.15, 0.2) is 29.1 Å². The van der Waals surface area contributed by atoms with Crippen molar-refractivity contribution in [1.82, 2.24) is 10.3 Å². The number of furan rings is 1. The molecule has 0 fully saturated rings. The molecule has 2 amide bonds. The first-order valence-corrected chi connectivity index (χ1v) is 12.9. The number of alkyl halides is 2. The number of hydrogen-bond donors (Lipinski definition) is 2. The number of oxazole rings is 1. The second-order valence-electron chi connectivity index (χ2n) is 10.3. The van der Waals surface area contributed by atoms with E-state index in [4.69, 9.17) is 24.0 Å². The zero-order valence-electron chi connectivity index (χ0n) is 23.0. The molecule has 0 bridgehead atoms. The predicted octanol–water partition coefficient (Wildman–Crippen LogP) is 6.59. The van der Waals surface area contributed by atoms with Gasteiger partial charge in [0.1, 0.15) is 5.58 Å². The lowest BCUT2D eigenvalue weighted by molar-refractivity contribution is -0.0514. The number of halogens is 2. The molecule has 2 aromatic heterocycles. The van der Waals surface area contributed by atoms with Crippen LogP contribution in [0.1, 0.15) is 62.0 Å². The van der Waals surface area contributed by atoms with Crippen molar-refractivity contribution in [3.63, 3.8) is 0 Å². The number of nitrogens with one attached hydrogen (secondary N) is 1. The van der Waals surface area contributed by atoms with Crippen LogP contribution in [0, 0.1) is 5.41 Å². The fourth-order valence-electron chi connectivity index (χ4n) is 4.25. The molecule has 0 aliphatic heterocycles. The van der Waals surface area contributed by atoms with Crippen LogP contribution in [0.2, 0.25) is 0 Å². The number of hydrogen-bond acceptors (Lipinski definition) is 8. The van der Waals surface area contributed by atoms with E-state index < -0.39 is 24.7 Å². The Morgan fingerprint density at radius 1 is 1.12 bits per heavy atom. The molecule has 1 unspecified atom stereocenters. The van der Waals surface area contributed by atoms with Crippen LogP contribution in [0.15, 0.2) is 57.6 Å². The number of carbonyl (C=O) groups excluding carboxylic acids is 2. The number of benzene rings is 2. The molecule has 41 heavy (non-hydrogen) atoms. The number of fused-ring (bicyclic) bond motifs is 1. The standard InChI is InChI=1S/C29H31F2N3O7/c1-5-37-21-12-16(10-11-20(21)39-27(30)31)26-34-23(24(41-26)22(40-28(32)36)13-29(2,3)4)25(35)33-14-17-15-38-19-9-7-6-8-18(17)19/h6-12,15,22,27H,5,13-14H2,1-4H3,(H2,32,36)(H,33,35). The molecule has 2 heterocycles. The topological polar surface area (TPSA) is 139 Å². The van der Waals surface area contributed by atoms with Crippen LogP contribution in [-0.4, -0.2) is 30.2 Å². The molecule has 10 nitrogen and oxygen atoms in total. The monoisotopic (exact) mass is 571 g/mol. The number of nitrogens with zero attached hydrogens (tertiary/aromatic N) is 1. The van der Waals surface area contributed by atoms with Gasteiger partial charge in [-0.2, -0.15) is 8.78 Å². The van der Waals surface area contributed by atoms with Crippen LogP contribution >= 0.6 is 0 Å². The quantitative estimate of drug-likeness (QED) is 0.206. The Hall–Kier alpha value is -4.61. The van der Waals surface area contributed by atoms with Gasteiger partial charge in [-0.25, -0.2) is 9.78 Å². The summed E-state index contributed by atoms with van der Waals surface area (Å²) in [5.74, 6) is -0.799. The highest BCUT2D eigenvalue weighted by Crippen LogP contribution is 2.38. The van der Waals surface area contributed by atoms with Crippen LogP contribution in [0.25, 0.3) is 22.4 Å². The Morgan fingerprint density at radius 2 is 1.88 bits per heavy atom. The average molecular weight is 572 g/mol. The van der Waals surface area contributed by atoms with Gasteiger partial charge in [0.05, 0.1) is 12.9 Å². The molecule has 4 aromatic rings. The lowest BCUT2D eigenvalue weighted by atomic mass is 9.88. The van der Waals surface area contributed by atoms with Gasteiger partial charge in [-0.15, -0.1) is 0 Å². The summed E-state index contributed by atoms with van der Waals surface area (Å²) in [5, 5.41) is 3.65. The maximum absolute atomic E-state index is 13.5. The van der Waals surface area contributed by atoms with E-state index in [0.29, 0.717) is 11.1 Å². The van der Waals surface area contributed by atoms with Gasteiger partial charge in [0.2, 0.25) is 5.89 Å². The van der Waals surface area contributed by atoms with Gasteiger partial charge in [0.25, 0.3) is 5.91 Å². The van der Waals surface area contributed by atoms with E-state index >= 15 is 0 Å². The highest BCUT2D eigenvalue weighted by molar-refractivity contribution is 5.94. The lowest BCUT2D eigenvalue weighted by Crippen LogP contribution is -2.27. The third-order valence-electron chi connectivity index (χ3n) is 5.92. The molecule has 1 atom stereocenters. The van der Waals surface area contributed by atoms with Crippen LogP contribution in [0.3, 0.4) is 0 Å².